The molecular weight excluding hydrogens is 180 g/mol. The van der Waals surface area contributed by atoms with Crippen LogP contribution in [0.4, 0.5) is 5.82 Å². The second-order valence-electron chi connectivity index (χ2n) is 3.08. The molecule has 0 aliphatic carbocycles. The zero-order valence-electron chi connectivity index (χ0n) is 8.58. The predicted molar refractivity (Wildman–Crippen MR) is 55.0 cm³/mol. The highest BCUT2D eigenvalue weighted by molar-refractivity contribution is 5.75. The topological polar surface area (TPSA) is 59.0 Å². The van der Waals surface area contributed by atoms with Crippen molar-refractivity contribution in [2.75, 3.05) is 18.9 Å². The summed E-state index contributed by atoms with van der Waals surface area (Å²) >= 11 is 0. The lowest BCUT2D eigenvalue weighted by Crippen LogP contribution is -2.18. The number of aromatic nitrogens is 2. The molecule has 0 spiro atoms. The van der Waals surface area contributed by atoms with E-state index in [0.717, 1.165) is 18.8 Å². The Bertz CT molecular complexity index is 295. The highest BCUT2D eigenvalue weighted by Crippen LogP contribution is 2.00. The van der Waals surface area contributed by atoms with E-state index in [1.165, 1.54) is 0 Å². The molecule has 0 atom stereocenters. The summed E-state index contributed by atoms with van der Waals surface area (Å²) in [6.07, 6.45) is 3.24. The van der Waals surface area contributed by atoms with Gasteiger partial charge in [0.25, 0.3) is 0 Å². The monoisotopic (exact) mass is 196 g/mol. The van der Waals surface area contributed by atoms with Gasteiger partial charge in [-0.2, -0.15) is 5.10 Å². The number of nitrogens with one attached hydrogen (secondary N) is 2. The summed E-state index contributed by atoms with van der Waals surface area (Å²) in [4.78, 5) is 10.9. The molecule has 1 aromatic rings. The van der Waals surface area contributed by atoms with Crippen LogP contribution in [0.5, 0.6) is 0 Å². The second-order valence-corrected chi connectivity index (χ2v) is 3.08. The number of anilines is 1. The molecule has 0 radical (unpaired) electrons. The largest absolute Gasteiger partial charge is 0.369 e. The number of aryl methyl sites for hydroxylation is 1. The molecule has 0 aliphatic heterocycles. The average Bonchev–Trinajstić information content (AvgIpc) is 2.58. The molecule has 0 aliphatic rings. The Morgan fingerprint density at radius 3 is 3.00 bits per heavy atom. The summed E-state index contributed by atoms with van der Waals surface area (Å²) in [7, 11) is 3.52. The van der Waals surface area contributed by atoms with Crippen LogP contribution >= 0.6 is 0 Å². The molecule has 5 heteroatoms. The molecule has 1 rings (SSSR count). The van der Waals surface area contributed by atoms with Gasteiger partial charge >= 0.3 is 0 Å². The molecule has 1 amide bonds. The van der Waals surface area contributed by atoms with Crippen molar-refractivity contribution in [3.05, 3.63) is 12.3 Å². The Morgan fingerprint density at radius 2 is 2.43 bits per heavy atom. The maximum atomic E-state index is 10.9. The third kappa shape index (κ3) is 3.47. The van der Waals surface area contributed by atoms with Crippen LogP contribution in [0.2, 0.25) is 0 Å². The summed E-state index contributed by atoms with van der Waals surface area (Å²) in [6, 6.07) is 1.90. The quantitative estimate of drug-likeness (QED) is 0.668. The van der Waals surface area contributed by atoms with Crippen molar-refractivity contribution >= 4 is 11.7 Å². The van der Waals surface area contributed by atoms with E-state index in [2.05, 4.69) is 15.7 Å². The third-order valence-corrected chi connectivity index (χ3v) is 1.88. The van der Waals surface area contributed by atoms with Crippen molar-refractivity contribution in [1.29, 1.82) is 0 Å². The lowest BCUT2D eigenvalue weighted by molar-refractivity contribution is -0.120. The molecule has 2 N–H and O–H groups in total. The fraction of sp³-hybridized carbons (Fsp3) is 0.556. The van der Waals surface area contributed by atoms with Crippen LogP contribution < -0.4 is 10.6 Å². The van der Waals surface area contributed by atoms with Crippen molar-refractivity contribution in [3.8, 4) is 0 Å². The SMILES string of the molecule is CNC(=O)CCCNc1ccn(C)n1. The highest BCUT2D eigenvalue weighted by atomic mass is 16.1. The van der Waals surface area contributed by atoms with Gasteiger partial charge < -0.3 is 10.6 Å². The summed E-state index contributed by atoms with van der Waals surface area (Å²) in [6.45, 7) is 0.768. The van der Waals surface area contributed by atoms with E-state index in [4.69, 9.17) is 0 Å². The van der Waals surface area contributed by atoms with Gasteiger partial charge in [-0.1, -0.05) is 0 Å². The number of nitrogens with zero attached hydrogens (tertiary/aromatic N) is 2. The molecule has 0 unspecified atom stereocenters. The summed E-state index contributed by atoms with van der Waals surface area (Å²) in [5.41, 5.74) is 0. The zero-order chi connectivity index (χ0) is 10.4. The first kappa shape index (κ1) is 10.6. The standard InChI is InChI=1S/C9H16N4O/c1-10-9(14)4-3-6-11-8-5-7-13(2)12-8/h5,7H,3-4,6H2,1-2H3,(H,10,14)(H,11,12). The van der Waals surface area contributed by atoms with Gasteiger partial charge in [0.15, 0.2) is 0 Å². The summed E-state index contributed by atoms with van der Waals surface area (Å²) in [5, 5.41) is 9.87. The minimum absolute atomic E-state index is 0.0767. The predicted octanol–water partition coefficient (Wildman–Crippen LogP) is 0.358. The molecule has 1 aromatic heterocycles. The van der Waals surface area contributed by atoms with E-state index in [-0.39, 0.29) is 5.91 Å². The van der Waals surface area contributed by atoms with Crippen molar-refractivity contribution in [3.63, 3.8) is 0 Å². The van der Waals surface area contributed by atoms with E-state index in [1.807, 2.05) is 19.3 Å². The number of amides is 1. The molecule has 5 nitrogen and oxygen atoms in total. The van der Waals surface area contributed by atoms with Gasteiger partial charge in [0.05, 0.1) is 0 Å². The number of carbonyl (C=O) groups excluding carboxylic acids is 1. The van der Waals surface area contributed by atoms with E-state index in [1.54, 1.807) is 11.7 Å². The molecule has 78 valence electrons. The smallest absolute Gasteiger partial charge is 0.219 e. The maximum absolute atomic E-state index is 10.9. The van der Waals surface area contributed by atoms with Crippen molar-refractivity contribution in [2.45, 2.75) is 12.8 Å². The van der Waals surface area contributed by atoms with E-state index in [9.17, 15) is 4.79 Å². The first-order valence-electron chi connectivity index (χ1n) is 4.66. The summed E-state index contributed by atoms with van der Waals surface area (Å²) in [5.74, 6) is 0.928. The Morgan fingerprint density at radius 1 is 1.64 bits per heavy atom. The lowest BCUT2D eigenvalue weighted by atomic mass is 10.3. The normalized spacial score (nSPS) is 9.86. The average molecular weight is 196 g/mol. The Kier molecular flexibility index (Phi) is 3.97. The van der Waals surface area contributed by atoms with E-state index in [0.29, 0.717) is 6.42 Å². The second kappa shape index (κ2) is 5.26. The first-order valence-corrected chi connectivity index (χ1v) is 4.66. The zero-order valence-corrected chi connectivity index (χ0v) is 8.58. The number of carbonyl (C=O) groups is 1. The van der Waals surface area contributed by atoms with Gasteiger partial charge in [-0.25, -0.2) is 0 Å². The van der Waals surface area contributed by atoms with E-state index < -0.39 is 0 Å². The van der Waals surface area contributed by atoms with Gasteiger partial charge in [-0.3, -0.25) is 9.48 Å². The molecular formula is C9H16N4O. The molecule has 14 heavy (non-hydrogen) atoms. The van der Waals surface area contributed by atoms with E-state index >= 15 is 0 Å². The van der Waals surface area contributed by atoms with Gasteiger partial charge in [0.2, 0.25) is 5.91 Å². The number of hydrogen-bond donors (Lipinski definition) is 2. The highest BCUT2D eigenvalue weighted by Gasteiger charge is 1.98. The van der Waals surface area contributed by atoms with Crippen LogP contribution in [0, 0.1) is 0 Å². The van der Waals surface area contributed by atoms with Crippen LogP contribution in [-0.2, 0) is 11.8 Å². The number of rotatable bonds is 5. The van der Waals surface area contributed by atoms with Crippen LogP contribution in [0.15, 0.2) is 12.3 Å². The minimum Gasteiger partial charge on any atom is -0.369 e. The van der Waals surface area contributed by atoms with Crippen LogP contribution in [-0.4, -0.2) is 29.3 Å². The molecule has 0 saturated heterocycles. The molecule has 0 fully saturated rings. The van der Waals surface area contributed by atoms with Gasteiger partial charge in [-0.15, -0.1) is 0 Å². The van der Waals surface area contributed by atoms with Crippen molar-refractivity contribution in [1.82, 2.24) is 15.1 Å². The van der Waals surface area contributed by atoms with Crippen molar-refractivity contribution < 1.29 is 4.79 Å². The lowest BCUT2D eigenvalue weighted by Gasteiger charge is -2.01. The van der Waals surface area contributed by atoms with Gasteiger partial charge in [-0.05, 0) is 6.42 Å². The maximum Gasteiger partial charge on any atom is 0.219 e. The van der Waals surface area contributed by atoms with Crippen molar-refractivity contribution in [2.24, 2.45) is 7.05 Å². The molecule has 0 aromatic carbocycles. The fourth-order valence-corrected chi connectivity index (χ4v) is 1.10. The summed E-state index contributed by atoms with van der Waals surface area (Å²) < 4.78 is 1.74. The van der Waals surface area contributed by atoms with Gasteiger partial charge in [0.1, 0.15) is 5.82 Å². The Labute approximate surface area is 83.5 Å². The first-order chi connectivity index (χ1) is 6.72. The van der Waals surface area contributed by atoms with Crippen LogP contribution in [0.3, 0.4) is 0 Å². The third-order valence-electron chi connectivity index (χ3n) is 1.88. The van der Waals surface area contributed by atoms with Crippen LogP contribution in [0.1, 0.15) is 12.8 Å². The number of hydrogen-bond acceptors (Lipinski definition) is 3. The molecule has 1 heterocycles. The molecule has 0 saturated carbocycles. The van der Waals surface area contributed by atoms with Crippen LogP contribution in [0.25, 0.3) is 0 Å². The van der Waals surface area contributed by atoms with Gasteiger partial charge in [0, 0.05) is 39.3 Å². The molecule has 0 bridgehead atoms. The minimum atomic E-state index is 0.0767. The fourth-order valence-electron chi connectivity index (χ4n) is 1.10. The Balaban J connectivity index is 2.13. The Hall–Kier alpha value is -1.52.